The summed E-state index contributed by atoms with van der Waals surface area (Å²) in [5, 5.41) is 11.7. The summed E-state index contributed by atoms with van der Waals surface area (Å²) in [6.45, 7) is 0.399. The molecule has 0 saturated heterocycles. The number of aromatic carboxylic acids is 1. The van der Waals surface area contributed by atoms with Crippen LogP contribution in [-0.4, -0.2) is 36.6 Å². The Morgan fingerprint density at radius 2 is 2.28 bits per heavy atom. The number of carboxylic acid groups (broad SMARTS) is 1. The van der Waals surface area contributed by atoms with Gasteiger partial charge in [0.05, 0.1) is 16.9 Å². The molecule has 18 heavy (non-hydrogen) atoms. The predicted molar refractivity (Wildman–Crippen MR) is 67.9 cm³/mol. The summed E-state index contributed by atoms with van der Waals surface area (Å²) in [4.78, 5) is 24.6. The fraction of sp³-hybridized carbons (Fsp3) is 0.333. The molecule has 1 heterocycles. The third kappa shape index (κ3) is 2.02. The first-order valence-corrected chi connectivity index (χ1v) is 5.65. The fourth-order valence-corrected chi connectivity index (χ4v) is 2.10. The second-order valence-electron chi connectivity index (χ2n) is 4.23. The fourth-order valence-electron chi connectivity index (χ4n) is 2.10. The Hall–Kier alpha value is -2.08. The number of nitrogens with one attached hydrogen (secondary N) is 1. The van der Waals surface area contributed by atoms with Gasteiger partial charge in [-0.15, -0.1) is 0 Å². The van der Waals surface area contributed by atoms with Gasteiger partial charge in [0.25, 0.3) is 0 Å². The van der Waals surface area contributed by atoms with Crippen LogP contribution in [0.1, 0.15) is 16.8 Å². The average molecular weight is 249 g/mol. The Bertz CT molecular complexity index is 501. The van der Waals surface area contributed by atoms with Crippen LogP contribution in [0, 0.1) is 0 Å². The molecule has 0 fully saturated rings. The number of nitrogens with zero attached hydrogens (tertiary/aromatic N) is 1. The van der Waals surface area contributed by atoms with Crippen molar-refractivity contribution in [1.29, 1.82) is 0 Å². The van der Waals surface area contributed by atoms with Crippen molar-refractivity contribution in [3.63, 3.8) is 0 Å². The minimum absolute atomic E-state index is 0.112. The summed E-state index contributed by atoms with van der Waals surface area (Å²) < 4.78 is 0. The van der Waals surface area contributed by atoms with Crippen molar-refractivity contribution < 1.29 is 14.7 Å². The lowest BCUT2D eigenvalue weighted by atomic mass is 10.0. The van der Waals surface area contributed by atoms with Gasteiger partial charge in [-0.2, -0.15) is 0 Å². The van der Waals surface area contributed by atoms with Crippen LogP contribution >= 0.6 is 0 Å². The standard InChI is InChI=1S/C12H15N3O3/c1-15-9(4-5-13)11(16)14-8-3-2-7(12(17)18)6-10(8)15/h2-3,6,9H,4-5,13H2,1H3,(H,14,16)(H,17,18). The van der Waals surface area contributed by atoms with Crippen molar-refractivity contribution in [2.75, 3.05) is 23.8 Å². The summed E-state index contributed by atoms with van der Waals surface area (Å²) in [5.74, 6) is -1.10. The van der Waals surface area contributed by atoms with E-state index in [9.17, 15) is 9.59 Å². The highest BCUT2D eigenvalue weighted by Crippen LogP contribution is 2.32. The van der Waals surface area contributed by atoms with Gasteiger partial charge in [0, 0.05) is 7.05 Å². The Morgan fingerprint density at radius 3 is 2.89 bits per heavy atom. The zero-order valence-electron chi connectivity index (χ0n) is 10.0. The van der Waals surface area contributed by atoms with Crippen molar-refractivity contribution in [1.82, 2.24) is 0 Å². The van der Waals surface area contributed by atoms with Gasteiger partial charge >= 0.3 is 5.97 Å². The number of hydrogen-bond acceptors (Lipinski definition) is 4. The monoisotopic (exact) mass is 249 g/mol. The van der Waals surface area contributed by atoms with Crippen LogP contribution < -0.4 is 16.0 Å². The van der Waals surface area contributed by atoms with Crippen molar-refractivity contribution >= 4 is 23.3 Å². The van der Waals surface area contributed by atoms with Crippen LogP contribution in [0.4, 0.5) is 11.4 Å². The predicted octanol–water partition coefficient (Wildman–Crippen LogP) is 0.490. The molecule has 1 amide bonds. The lowest BCUT2D eigenvalue weighted by Gasteiger charge is -2.35. The molecule has 1 aromatic carbocycles. The van der Waals surface area contributed by atoms with Crippen LogP contribution in [0.15, 0.2) is 18.2 Å². The molecule has 1 aromatic rings. The number of nitrogens with two attached hydrogens (primary N) is 1. The van der Waals surface area contributed by atoms with Crippen LogP contribution in [0.25, 0.3) is 0 Å². The van der Waals surface area contributed by atoms with Gasteiger partial charge in [0.15, 0.2) is 0 Å². The SMILES string of the molecule is CN1c2cc(C(=O)O)ccc2NC(=O)C1CCN. The highest BCUT2D eigenvalue weighted by Gasteiger charge is 2.30. The minimum Gasteiger partial charge on any atom is -0.478 e. The van der Waals surface area contributed by atoms with E-state index in [4.69, 9.17) is 10.8 Å². The number of carbonyl (C=O) groups excluding carboxylic acids is 1. The topological polar surface area (TPSA) is 95.7 Å². The Labute approximate surface area is 104 Å². The molecule has 4 N–H and O–H groups in total. The van der Waals surface area contributed by atoms with E-state index in [2.05, 4.69) is 5.32 Å². The molecule has 1 unspecified atom stereocenters. The maximum absolute atomic E-state index is 11.9. The van der Waals surface area contributed by atoms with Crippen molar-refractivity contribution in [3.05, 3.63) is 23.8 Å². The number of hydrogen-bond donors (Lipinski definition) is 3. The molecule has 6 nitrogen and oxygen atoms in total. The van der Waals surface area contributed by atoms with Crippen LogP contribution in [-0.2, 0) is 4.79 Å². The highest BCUT2D eigenvalue weighted by molar-refractivity contribution is 6.04. The van der Waals surface area contributed by atoms with E-state index >= 15 is 0 Å². The van der Waals surface area contributed by atoms with Gasteiger partial charge < -0.3 is 21.1 Å². The van der Waals surface area contributed by atoms with E-state index in [1.54, 1.807) is 24.1 Å². The summed E-state index contributed by atoms with van der Waals surface area (Å²) >= 11 is 0. The van der Waals surface area contributed by atoms with Crippen molar-refractivity contribution in [3.8, 4) is 0 Å². The Morgan fingerprint density at radius 1 is 1.56 bits per heavy atom. The number of fused-ring (bicyclic) bond motifs is 1. The number of rotatable bonds is 3. The average Bonchev–Trinajstić information content (AvgIpc) is 2.34. The lowest BCUT2D eigenvalue weighted by molar-refractivity contribution is -0.117. The molecular weight excluding hydrogens is 234 g/mol. The molecular formula is C12H15N3O3. The molecule has 96 valence electrons. The lowest BCUT2D eigenvalue weighted by Crippen LogP contribution is -2.47. The first kappa shape index (κ1) is 12.4. The zero-order valence-corrected chi connectivity index (χ0v) is 10.0. The van der Waals surface area contributed by atoms with Gasteiger partial charge in [0.1, 0.15) is 6.04 Å². The Kier molecular flexibility index (Phi) is 3.20. The number of likely N-dealkylation sites (N-methyl/N-ethyl adjacent to an activating group) is 1. The minimum atomic E-state index is -0.988. The third-order valence-corrected chi connectivity index (χ3v) is 3.09. The van der Waals surface area contributed by atoms with Gasteiger partial charge in [-0.1, -0.05) is 0 Å². The van der Waals surface area contributed by atoms with Gasteiger partial charge in [0.2, 0.25) is 5.91 Å². The van der Waals surface area contributed by atoms with E-state index < -0.39 is 5.97 Å². The molecule has 0 aromatic heterocycles. The molecule has 0 radical (unpaired) electrons. The van der Waals surface area contributed by atoms with Crippen molar-refractivity contribution in [2.24, 2.45) is 5.73 Å². The summed E-state index contributed by atoms with van der Waals surface area (Å²) in [5.41, 5.74) is 7.01. The number of amides is 1. The van der Waals surface area contributed by atoms with E-state index in [1.165, 1.54) is 6.07 Å². The Balaban J connectivity index is 2.41. The number of carbonyl (C=O) groups is 2. The second-order valence-corrected chi connectivity index (χ2v) is 4.23. The molecule has 0 saturated carbocycles. The van der Waals surface area contributed by atoms with Crippen molar-refractivity contribution in [2.45, 2.75) is 12.5 Å². The molecule has 2 rings (SSSR count). The number of carboxylic acids is 1. The van der Waals surface area contributed by atoms with E-state index in [1.807, 2.05) is 0 Å². The van der Waals surface area contributed by atoms with E-state index in [-0.39, 0.29) is 17.5 Å². The molecule has 0 spiro atoms. The van der Waals surface area contributed by atoms with Gasteiger partial charge in [-0.25, -0.2) is 4.79 Å². The van der Waals surface area contributed by atoms with Crippen LogP contribution in [0.2, 0.25) is 0 Å². The number of anilines is 2. The largest absolute Gasteiger partial charge is 0.478 e. The summed E-state index contributed by atoms with van der Waals surface area (Å²) in [6.07, 6.45) is 0.527. The maximum atomic E-state index is 11.9. The molecule has 0 aliphatic carbocycles. The maximum Gasteiger partial charge on any atom is 0.335 e. The molecule has 6 heteroatoms. The second kappa shape index (κ2) is 4.66. The zero-order chi connectivity index (χ0) is 13.3. The summed E-state index contributed by atoms with van der Waals surface area (Å²) in [6, 6.07) is 4.27. The van der Waals surface area contributed by atoms with Gasteiger partial charge in [-0.3, -0.25) is 4.79 Å². The molecule has 1 atom stereocenters. The normalized spacial score (nSPS) is 18.2. The van der Waals surface area contributed by atoms with Crippen LogP contribution in [0.3, 0.4) is 0 Å². The smallest absolute Gasteiger partial charge is 0.335 e. The molecule has 1 aliphatic rings. The first-order chi connectivity index (χ1) is 8.54. The summed E-state index contributed by atoms with van der Waals surface area (Å²) in [7, 11) is 1.77. The quantitative estimate of drug-likeness (QED) is 0.724. The molecule has 0 bridgehead atoms. The van der Waals surface area contributed by atoms with Crippen LogP contribution in [0.5, 0.6) is 0 Å². The first-order valence-electron chi connectivity index (χ1n) is 5.65. The van der Waals surface area contributed by atoms with Gasteiger partial charge in [-0.05, 0) is 31.2 Å². The molecule has 1 aliphatic heterocycles. The highest BCUT2D eigenvalue weighted by atomic mass is 16.4. The van der Waals surface area contributed by atoms with E-state index in [0.717, 1.165) is 0 Å². The van der Waals surface area contributed by atoms with E-state index in [0.29, 0.717) is 24.3 Å². The third-order valence-electron chi connectivity index (χ3n) is 3.09. The number of benzene rings is 1.